The molecule has 2 aliphatic rings. The van der Waals surface area contributed by atoms with Crippen LogP contribution in [0.3, 0.4) is 0 Å². The van der Waals surface area contributed by atoms with Gasteiger partial charge in [-0.25, -0.2) is 4.90 Å². The summed E-state index contributed by atoms with van der Waals surface area (Å²) in [5.41, 5.74) is 0.478. The van der Waals surface area contributed by atoms with Crippen LogP contribution >= 0.6 is 11.8 Å². The third-order valence-electron chi connectivity index (χ3n) is 5.71. The van der Waals surface area contributed by atoms with Gasteiger partial charge < -0.3 is 25.3 Å². The van der Waals surface area contributed by atoms with Gasteiger partial charge in [-0.3, -0.25) is 14.4 Å². The number of nitrogens with zero attached hydrogens (tertiary/aromatic N) is 2. The Hall–Kier alpha value is -2.76. The Morgan fingerprint density at radius 3 is 2.16 bits per heavy atom. The van der Waals surface area contributed by atoms with Gasteiger partial charge in [0.25, 0.3) is 17.1 Å². The van der Waals surface area contributed by atoms with Crippen molar-refractivity contribution in [3.05, 3.63) is 66.2 Å². The summed E-state index contributed by atoms with van der Waals surface area (Å²) in [6.07, 6.45) is -4.92. The number of rotatable bonds is 4. The number of hydrogen-bond donors (Lipinski definition) is 4. The number of fused-ring (bicyclic) bond motifs is 1. The highest BCUT2D eigenvalue weighted by atomic mass is 32.2. The highest BCUT2D eigenvalue weighted by Gasteiger charge is 2.59. The first kappa shape index (κ1) is 22.4. The first-order valence-corrected chi connectivity index (χ1v) is 10.9. The lowest BCUT2D eigenvalue weighted by atomic mass is 9.85. The standard InChI is InChI=1S/C22H22N2O7S/c25-11-14(26)15-17(27)18(28)19-16(24(15)20(29)12-7-3-1-4-8-12)21(30)23(22(31)32-19)13-9-5-2-6-10-13/h1-10,14-19,25-28H,11H2/t14-,15?,16?,17-,18+,19?/m0/s1. The summed E-state index contributed by atoms with van der Waals surface area (Å²) in [5, 5.41) is 39.7. The van der Waals surface area contributed by atoms with Gasteiger partial charge in [0.15, 0.2) is 0 Å². The molecule has 0 saturated carbocycles. The Morgan fingerprint density at radius 2 is 1.56 bits per heavy atom. The zero-order valence-corrected chi connectivity index (χ0v) is 17.6. The maximum absolute atomic E-state index is 13.6. The molecule has 4 rings (SSSR count). The molecule has 0 radical (unpaired) electrons. The number of amides is 3. The van der Waals surface area contributed by atoms with Gasteiger partial charge in [-0.15, -0.1) is 0 Å². The molecule has 2 heterocycles. The number of likely N-dealkylation sites (tertiary alicyclic amines) is 1. The zero-order valence-electron chi connectivity index (χ0n) is 16.8. The Bertz CT molecular complexity index is 1010. The van der Waals surface area contributed by atoms with Crippen molar-refractivity contribution in [3.63, 3.8) is 0 Å². The van der Waals surface area contributed by atoms with Crippen LogP contribution in [0.5, 0.6) is 0 Å². The number of hydrogen-bond acceptors (Lipinski definition) is 8. The van der Waals surface area contributed by atoms with Crippen LogP contribution in [-0.4, -0.2) is 84.6 Å². The summed E-state index contributed by atoms with van der Waals surface area (Å²) < 4.78 is 0. The third-order valence-corrected chi connectivity index (χ3v) is 6.91. The third kappa shape index (κ3) is 3.70. The Morgan fingerprint density at radius 1 is 0.969 bits per heavy atom. The van der Waals surface area contributed by atoms with Crippen molar-refractivity contribution in [2.45, 2.75) is 35.6 Å². The molecule has 0 spiro atoms. The lowest BCUT2D eigenvalue weighted by Gasteiger charge is -2.53. The molecule has 2 aliphatic heterocycles. The van der Waals surface area contributed by atoms with Crippen molar-refractivity contribution < 1.29 is 34.8 Å². The van der Waals surface area contributed by atoms with Crippen LogP contribution in [0.4, 0.5) is 10.5 Å². The minimum absolute atomic E-state index is 0.186. The number of aliphatic hydroxyl groups is 4. The summed E-state index contributed by atoms with van der Waals surface area (Å²) in [6.45, 7) is -0.812. The van der Waals surface area contributed by atoms with E-state index in [2.05, 4.69) is 0 Å². The van der Waals surface area contributed by atoms with E-state index >= 15 is 0 Å². The average molecular weight is 458 g/mol. The second kappa shape index (κ2) is 9.00. The molecule has 0 bridgehead atoms. The molecule has 6 atom stereocenters. The first-order chi connectivity index (χ1) is 15.4. The van der Waals surface area contributed by atoms with E-state index in [0.29, 0.717) is 17.4 Å². The van der Waals surface area contributed by atoms with Gasteiger partial charge >= 0.3 is 0 Å². The molecule has 0 aromatic heterocycles. The van der Waals surface area contributed by atoms with Crippen LogP contribution in [0.15, 0.2) is 60.7 Å². The van der Waals surface area contributed by atoms with Crippen LogP contribution in [0.25, 0.3) is 0 Å². The summed E-state index contributed by atoms with van der Waals surface area (Å²) in [5.74, 6) is -1.45. The summed E-state index contributed by atoms with van der Waals surface area (Å²) in [6, 6.07) is 13.3. The van der Waals surface area contributed by atoms with Crippen molar-refractivity contribution in [3.8, 4) is 0 Å². The van der Waals surface area contributed by atoms with Gasteiger partial charge in [-0.2, -0.15) is 0 Å². The van der Waals surface area contributed by atoms with E-state index in [4.69, 9.17) is 0 Å². The predicted molar refractivity (Wildman–Crippen MR) is 116 cm³/mol. The molecule has 168 valence electrons. The molecule has 0 aliphatic carbocycles. The number of imide groups is 1. The lowest BCUT2D eigenvalue weighted by molar-refractivity contribution is -0.143. The number of carbonyl (C=O) groups is 3. The fourth-order valence-electron chi connectivity index (χ4n) is 4.20. The quantitative estimate of drug-likeness (QED) is 0.511. The minimum atomic E-state index is -1.69. The molecule has 3 unspecified atom stereocenters. The summed E-state index contributed by atoms with van der Waals surface area (Å²) >= 11 is 0.645. The first-order valence-electron chi connectivity index (χ1n) is 9.99. The van der Waals surface area contributed by atoms with E-state index in [1.807, 2.05) is 0 Å². The topological polar surface area (TPSA) is 139 Å². The van der Waals surface area contributed by atoms with Crippen molar-refractivity contribution in [1.29, 1.82) is 0 Å². The molecule has 2 fully saturated rings. The van der Waals surface area contributed by atoms with Gasteiger partial charge in [-0.05, 0) is 24.3 Å². The number of anilines is 1. The molecule has 3 amide bonds. The fourth-order valence-corrected chi connectivity index (χ4v) is 5.41. The Labute approximate surface area is 187 Å². The van der Waals surface area contributed by atoms with Gasteiger partial charge in [-0.1, -0.05) is 48.2 Å². The summed E-state index contributed by atoms with van der Waals surface area (Å²) in [4.78, 5) is 41.8. The highest BCUT2D eigenvalue weighted by molar-refractivity contribution is 8.14. The lowest BCUT2D eigenvalue weighted by Crippen LogP contribution is -2.75. The van der Waals surface area contributed by atoms with E-state index in [9.17, 15) is 34.8 Å². The van der Waals surface area contributed by atoms with Crippen LogP contribution in [0, 0.1) is 0 Å². The van der Waals surface area contributed by atoms with Crippen molar-refractivity contribution in [2.24, 2.45) is 0 Å². The number of para-hydroxylation sites is 1. The van der Waals surface area contributed by atoms with E-state index in [-0.39, 0.29) is 5.56 Å². The average Bonchev–Trinajstić information content (AvgIpc) is 2.81. The van der Waals surface area contributed by atoms with Gasteiger partial charge in [0.05, 0.1) is 29.7 Å². The molecule has 4 N–H and O–H groups in total. The molecular formula is C22H22N2O7S. The van der Waals surface area contributed by atoms with Crippen molar-refractivity contribution in [1.82, 2.24) is 4.90 Å². The van der Waals surface area contributed by atoms with E-state index in [1.54, 1.807) is 48.5 Å². The monoisotopic (exact) mass is 458 g/mol. The van der Waals surface area contributed by atoms with Crippen LogP contribution in [0.1, 0.15) is 10.4 Å². The molecular weight excluding hydrogens is 436 g/mol. The number of benzene rings is 2. The van der Waals surface area contributed by atoms with Gasteiger partial charge in [0, 0.05) is 5.56 Å². The summed E-state index contributed by atoms with van der Waals surface area (Å²) in [7, 11) is 0. The minimum Gasteiger partial charge on any atom is -0.394 e. The van der Waals surface area contributed by atoms with Crippen LogP contribution in [-0.2, 0) is 4.79 Å². The number of thioether (sulfide) groups is 1. The van der Waals surface area contributed by atoms with Gasteiger partial charge in [0.2, 0.25) is 0 Å². The Kier molecular flexibility index (Phi) is 6.31. The molecule has 10 heteroatoms. The number of carbonyl (C=O) groups excluding carboxylic acids is 3. The maximum Gasteiger partial charge on any atom is 0.293 e. The molecule has 32 heavy (non-hydrogen) atoms. The van der Waals surface area contributed by atoms with Crippen LogP contribution in [0.2, 0.25) is 0 Å². The largest absolute Gasteiger partial charge is 0.394 e. The van der Waals surface area contributed by atoms with E-state index in [0.717, 1.165) is 9.80 Å². The maximum atomic E-state index is 13.6. The highest BCUT2D eigenvalue weighted by Crippen LogP contribution is 2.41. The Balaban J connectivity index is 1.83. The van der Waals surface area contributed by atoms with E-state index < -0.39 is 59.3 Å². The molecule has 2 aromatic carbocycles. The van der Waals surface area contributed by atoms with Crippen molar-refractivity contribution in [2.75, 3.05) is 11.5 Å². The van der Waals surface area contributed by atoms with Crippen LogP contribution < -0.4 is 4.90 Å². The normalized spacial score (nSPS) is 28.9. The molecule has 2 aromatic rings. The SMILES string of the molecule is O=C1SC2C(C(=O)N1c1ccccc1)N(C(=O)c1ccccc1)C([C@@H](O)CO)[C@H](O)[C@H]2O. The predicted octanol–water partition coefficient (Wildman–Crippen LogP) is 0.223. The number of aliphatic hydroxyl groups excluding tert-OH is 4. The van der Waals surface area contributed by atoms with E-state index in [1.165, 1.54) is 12.1 Å². The number of piperidine rings is 1. The molecule has 2 saturated heterocycles. The molecule has 9 nitrogen and oxygen atoms in total. The van der Waals surface area contributed by atoms with Crippen molar-refractivity contribution >= 4 is 34.5 Å². The second-order valence-corrected chi connectivity index (χ2v) is 8.73. The van der Waals surface area contributed by atoms with Gasteiger partial charge in [0.1, 0.15) is 18.2 Å². The second-order valence-electron chi connectivity index (χ2n) is 7.60. The fraction of sp³-hybridized carbons (Fsp3) is 0.318. The smallest absolute Gasteiger partial charge is 0.293 e. The zero-order chi connectivity index (χ0) is 23.0.